The molecule has 0 spiro atoms. The molecule has 0 saturated carbocycles. The van der Waals surface area contributed by atoms with Crippen LogP contribution in [0.2, 0.25) is 0 Å². The van der Waals surface area contributed by atoms with Crippen LogP contribution in [0.15, 0.2) is 18.6 Å². The molecule has 0 aromatic carbocycles. The summed E-state index contributed by atoms with van der Waals surface area (Å²) in [6.07, 6.45) is 7.76. The van der Waals surface area contributed by atoms with Crippen molar-refractivity contribution in [3.8, 4) is 11.5 Å². The fourth-order valence-corrected chi connectivity index (χ4v) is 0.752. The first-order chi connectivity index (χ1) is 4.97. The van der Waals surface area contributed by atoms with Gasteiger partial charge in [0.2, 0.25) is 0 Å². The van der Waals surface area contributed by atoms with Crippen molar-refractivity contribution in [1.82, 2.24) is 19.9 Å². The highest BCUT2D eigenvalue weighted by Crippen LogP contribution is 2.06. The first-order valence-corrected chi connectivity index (χ1v) is 2.88. The van der Waals surface area contributed by atoms with Crippen molar-refractivity contribution in [3.05, 3.63) is 24.9 Å². The molecule has 10 heavy (non-hydrogen) atoms. The smallest absolute Gasteiger partial charge is 0.174 e. The molecule has 2 aromatic heterocycles. The van der Waals surface area contributed by atoms with Gasteiger partial charge >= 0.3 is 0 Å². The summed E-state index contributed by atoms with van der Waals surface area (Å²) in [6, 6.07) is 0. The molecule has 0 aliphatic rings. The van der Waals surface area contributed by atoms with Gasteiger partial charge in [0.05, 0.1) is 0 Å². The Labute approximate surface area is 57.3 Å². The molecule has 2 aromatic rings. The molecule has 0 atom stereocenters. The van der Waals surface area contributed by atoms with Gasteiger partial charge in [-0.1, -0.05) is 0 Å². The standard InChI is InChI=1S/C6H5N4/c1-2-9-6(8-1)5-3-7-4-10-5/h1-3H,(H,7,10)(H,8,9). The van der Waals surface area contributed by atoms with E-state index in [0.717, 1.165) is 11.5 Å². The van der Waals surface area contributed by atoms with Crippen LogP contribution < -0.4 is 0 Å². The Morgan fingerprint density at radius 3 is 3.10 bits per heavy atom. The van der Waals surface area contributed by atoms with E-state index in [2.05, 4.69) is 26.3 Å². The zero-order chi connectivity index (χ0) is 6.81. The van der Waals surface area contributed by atoms with Gasteiger partial charge in [-0.2, -0.15) is 0 Å². The number of hydrogen-bond acceptors (Lipinski definition) is 2. The predicted molar refractivity (Wildman–Crippen MR) is 35.0 cm³/mol. The van der Waals surface area contributed by atoms with Crippen LogP contribution in [-0.2, 0) is 0 Å². The van der Waals surface area contributed by atoms with Gasteiger partial charge in [0.1, 0.15) is 5.69 Å². The van der Waals surface area contributed by atoms with Crippen molar-refractivity contribution in [2.45, 2.75) is 0 Å². The maximum absolute atomic E-state index is 4.00. The Kier molecular flexibility index (Phi) is 1.04. The third-order valence-corrected chi connectivity index (χ3v) is 1.19. The van der Waals surface area contributed by atoms with Crippen LogP contribution in [0.25, 0.3) is 11.5 Å². The zero-order valence-electron chi connectivity index (χ0n) is 5.13. The summed E-state index contributed by atoms with van der Waals surface area (Å²) in [4.78, 5) is 13.5. The molecule has 2 rings (SSSR count). The molecule has 0 fully saturated rings. The summed E-state index contributed by atoms with van der Waals surface area (Å²) in [5.41, 5.74) is 0.782. The van der Waals surface area contributed by atoms with Crippen LogP contribution in [0.1, 0.15) is 0 Å². The van der Waals surface area contributed by atoms with Crippen molar-refractivity contribution in [2.24, 2.45) is 0 Å². The molecule has 2 heterocycles. The molecule has 1 radical (unpaired) electrons. The maximum Gasteiger partial charge on any atom is 0.174 e. The van der Waals surface area contributed by atoms with Gasteiger partial charge in [-0.3, -0.25) is 0 Å². The van der Waals surface area contributed by atoms with Gasteiger partial charge in [0.25, 0.3) is 0 Å². The summed E-state index contributed by atoms with van der Waals surface area (Å²) in [7, 11) is 0. The molecule has 0 aliphatic carbocycles. The largest absolute Gasteiger partial charge is 0.343 e. The lowest BCUT2D eigenvalue weighted by atomic mass is 10.5. The number of aromatic nitrogens is 4. The van der Waals surface area contributed by atoms with Gasteiger partial charge in [-0.05, 0) is 0 Å². The lowest BCUT2D eigenvalue weighted by molar-refractivity contribution is 1.24. The van der Waals surface area contributed by atoms with E-state index in [4.69, 9.17) is 0 Å². The van der Waals surface area contributed by atoms with Crippen molar-refractivity contribution >= 4 is 0 Å². The lowest BCUT2D eigenvalue weighted by Crippen LogP contribution is -1.77. The molecule has 0 saturated heterocycles. The molecule has 0 amide bonds. The zero-order valence-corrected chi connectivity index (χ0v) is 5.13. The highest BCUT2D eigenvalue weighted by molar-refractivity contribution is 5.46. The van der Waals surface area contributed by atoms with Crippen LogP contribution in [-0.4, -0.2) is 19.9 Å². The van der Waals surface area contributed by atoms with Crippen molar-refractivity contribution in [3.63, 3.8) is 0 Å². The quantitative estimate of drug-likeness (QED) is 0.598. The molecule has 0 bridgehead atoms. The Hall–Kier alpha value is -1.58. The molecule has 0 unspecified atom stereocenters. The van der Waals surface area contributed by atoms with Crippen molar-refractivity contribution in [1.29, 1.82) is 0 Å². The van der Waals surface area contributed by atoms with Crippen LogP contribution >= 0.6 is 0 Å². The average molecular weight is 133 g/mol. The fourth-order valence-electron chi connectivity index (χ4n) is 0.752. The van der Waals surface area contributed by atoms with Gasteiger partial charge < -0.3 is 9.97 Å². The number of aromatic amines is 2. The molecule has 4 heteroatoms. The topological polar surface area (TPSA) is 57.4 Å². The van der Waals surface area contributed by atoms with Crippen LogP contribution in [0, 0.1) is 6.33 Å². The normalized spacial score (nSPS) is 10.0. The van der Waals surface area contributed by atoms with E-state index < -0.39 is 0 Å². The molecular weight excluding hydrogens is 128 g/mol. The lowest BCUT2D eigenvalue weighted by Gasteiger charge is -1.83. The van der Waals surface area contributed by atoms with Crippen molar-refractivity contribution in [2.75, 3.05) is 0 Å². The Balaban J connectivity index is 2.48. The molecular formula is C6H5N4. The van der Waals surface area contributed by atoms with E-state index in [1.807, 2.05) is 0 Å². The highest BCUT2D eigenvalue weighted by atomic mass is 15.0. The third-order valence-electron chi connectivity index (χ3n) is 1.19. The molecule has 4 nitrogen and oxygen atoms in total. The van der Waals surface area contributed by atoms with Gasteiger partial charge in [0.15, 0.2) is 12.2 Å². The first-order valence-electron chi connectivity index (χ1n) is 2.88. The molecule has 0 aliphatic heterocycles. The highest BCUT2D eigenvalue weighted by Gasteiger charge is 1.98. The Morgan fingerprint density at radius 1 is 1.50 bits per heavy atom. The third kappa shape index (κ3) is 0.699. The minimum atomic E-state index is 0.762. The minimum absolute atomic E-state index is 0.762. The van der Waals surface area contributed by atoms with E-state index in [1.54, 1.807) is 18.6 Å². The number of nitrogens with one attached hydrogen (secondary N) is 2. The maximum atomic E-state index is 4.00. The second-order valence-corrected chi connectivity index (χ2v) is 1.84. The monoisotopic (exact) mass is 133 g/mol. The van der Waals surface area contributed by atoms with E-state index in [9.17, 15) is 0 Å². The molecule has 2 N–H and O–H groups in total. The van der Waals surface area contributed by atoms with E-state index in [1.165, 1.54) is 0 Å². The predicted octanol–water partition coefficient (Wildman–Crippen LogP) is 0.600. The van der Waals surface area contributed by atoms with E-state index in [0.29, 0.717) is 0 Å². The summed E-state index contributed by atoms with van der Waals surface area (Å²) in [6.45, 7) is 0. The van der Waals surface area contributed by atoms with Crippen LogP contribution in [0.4, 0.5) is 0 Å². The number of H-pyrrole nitrogens is 2. The second kappa shape index (κ2) is 1.98. The summed E-state index contributed by atoms with van der Waals surface area (Å²) in [5, 5.41) is 0. The number of nitrogens with zero attached hydrogens (tertiary/aromatic N) is 2. The Morgan fingerprint density at radius 2 is 2.50 bits per heavy atom. The number of rotatable bonds is 1. The Bertz CT molecular complexity index is 249. The summed E-state index contributed by atoms with van der Waals surface area (Å²) < 4.78 is 0. The van der Waals surface area contributed by atoms with Crippen molar-refractivity contribution < 1.29 is 0 Å². The average Bonchev–Trinajstić information content (AvgIpc) is 2.59. The second-order valence-electron chi connectivity index (χ2n) is 1.84. The SMILES string of the molecule is [c]1nc(-c2ncc[nH]2)c[nH]1. The van der Waals surface area contributed by atoms with E-state index >= 15 is 0 Å². The van der Waals surface area contributed by atoms with Crippen LogP contribution in [0.3, 0.4) is 0 Å². The number of hydrogen-bond donors (Lipinski definition) is 2. The summed E-state index contributed by atoms with van der Waals surface area (Å²) in [5.74, 6) is 0.762. The summed E-state index contributed by atoms with van der Waals surface area (Å²) >= 11 is 0. The van der Waals surface area contributed by atoms with Gasteiger partial charge in [0, 0.05) is 18.6 Å². The fraction of sp³-hybridized carbons (Fsp3) is 0. The van der Waals surface area contributed by atoms with Crippen LogP contribution in [0.5, 0.6) is 0 Å². The molecule has 49 valence electrons. The van der Waals surface area contributed by atoms with E-state index in [-0.39, 0.29) is 0 Å². The number of imidazole rings is 2. The van der Waals surface area contributed by atoms with Gasteiger partial charge in [-0.25, -0.2) is 9.97 Å². The van der Waals surface area contributed by atoms with Gasteiger partial charge in [-0.15, -0.1) is 0 Å². The first kappa shape index (κ1) is 5.22. The minimum Gasteiger partial charge on any atom is -0.343 e.